The Hall–Kier alpha value is -2.30. The van der Waals surface area contributed by atoms with Crippen molar-refractivity contribution in [1.29, 1.82) is 0 Å². The lowest BCUT2D eigenvalue weighted by Gasteiger charge is -2.08. The maximum Gasteiger partial charge on any atom is 0.293 e. The van der Waals surface area contributed by atoms with Crippen LogP contribution in [0.4, 0.5) is 11.5 Å². The molecular weight excluding hydrogens is 240 g/mol. The third kappa shape index (κ3) is 2.59. The molecule has 1 heterocycles. The molecule has 2 aromatic rings. The van der Waals surface area contributed by atoms with Gasteiger partial charge < -0.3 is 15.6 Å². The third-order valence-corrected chi connectivity index (χ3v) is 3.22. The van der Waals surface area contributed by atoms with E-state index in [1.165, 1.54) is 0 Å². The van der Waals surface area contributed by atoms with E-state index < -0.39 is 0 Å². The molecule has 1 aromatic heterocycles. The second-order valence-electron chi connectivity index (χ2n) is 4.82. The van der Waals surface area contributed by atoms with Crippen molar-refractivity contribution in [2.75, 3.05) is 11.1 Å². The van der Waals surface area contributed by atoms with Crippen LogP contribution in [0.5, 0.6) is 0 Å². The summed E-state index contributed by atoms with van der Waals surface area (Å²) in [5, 5.41) is 3.08. The molecule has 0 spiro atoms. The zero-order valence-electron chi connectivity index (χ0n) is 10.5. The van der Waals surface area contributed by atoms with Crippen molar-refractivity contribution >= 4 is 11.5 Å². The molecular formula is C14H16N4O. The van der Waals surface area contributed by atoms with E-state index in [-0.39, 0.29) is 5.56 Å². The van der Waals surface area contributed by atoms with E-state index in [2.05, 4.69) is 10.3 Å². The van der Waals surface area contributed by atoms with Crippen LogP contribution in [0, 0.1) is 0 Å². The van der Waals surface area contributed by atoms with Gasteiger partial charge >= 0.3 is 0 Å². The largest absolute Gasteiger partial charge is 0.399 e. The standard InChI is InChI=1S/C14H16N4O/c15-11-3-1-2-10(8-11)9-17-13-14(19)18(7-6-16-13)12-4-5-12/h1-3,6-8,12H,4-5,9,15H2,(H,16,17). The number of nitrogen functional groups attached to an aromatic ring is 1. The normalized spacial score (nSPS) is 14.3. The number of benzene rings is 1. The number of nitrogens with one attached hydrogen (secondary N) is 1. The minimum Gasteiger partial charge on any atom is -0.399 e. The second kappa shape index (κ2) is 4.76. The first-order valence-electron chi connectivity index (χ1n) is 6.39. The molecule has 0 unspecified atom stereocenters. The summed E-state index contributed by atoms with van der Waals surface area (Å²) in [4.78, 5) is 16.3. The van der Waals surface area contributed by atoms with Crippen LogP contribution in [0.1, 0.15) is 24.4 Å². The minimum absolute atomic E-state index is 0.0473. The summed E-state index contributed by atoms with van der Waals surface area (Å²) in [7, 11) is 0. The quantitative estimate of drug-likeness (QED) is 0.818. The molecule has 1 aliphatic carbocycles. The number of hydrogen-bond acceptors (Lipinski definition) is 4. The van der Waals surface area contributed by atoms with Gasteiger partial charge in [-0.25, -0.2) is 4.98 Å². The Labute approximate surface area is 111 Å². The summed E-state index contributed by atoms with van der Waals surface area (Å²) in [5.41, 5.74) is 7.42. The predicted molar refractivity (Wildman–Crippen MR) is 74.9 cm³/mol. The van der Waals surface area contributed by atoms with Crippen molar-refractivity contribution in [3.63, 3.8) is 0 Å². The van der Waals surface area contributed by atoms with Gasteiger partial charge in [-0.1, -0.05) is 12.1 Å². The molecule has 3 N–H and O–H groups in total. The molecule has 1 saturated carbocycles. The van der Waals surface area contributed by atoms with Crippen molar-refractivity contribution in [2.24, 2.45) is 0 Å². The van der Waals surface area contributed by atoms with Crippen LogP contribution >= 0.6 is 0 Å². The van der Waals surface area contributed by atoms with Crippen molar-refractivity contribution in [2.45, 2.75) is 25.4 Å². The number of rotatable bonds is 4. The zero-order chi connectivity index (χ0) is 13.2. The first kappa shape index (κ1) is 11.8. The van der Waals surface area contributed by atoms with E-state index in [0.29, 0.717) is 18.4 Å². The fraction of sp³-hybridized carbons (Fsp3) is 0.286. The second-order valence-corrected chi connectivity index (χ2v) is 4.82. The van der Waals surface area contributed by atoms with E-state index in [4.69, 9.17) is 5.73 Å². The topological polar surface area (TPSA) is 72.9 Å². The van der Waals surface area contributed by atoms with E-state index in [1.54, 1.807) is 17.0 Å². The lowest BCUT2D eigenvalue weighted by atomic mass is 10.2. The van der Waals surface area contributed by atoms with Gasteiger partial charge in [-0.3, -0.25) is 4.79 Å². The third-order valence-electron chi connectivity index (χ3n) is 3.22. The van der Waals surface area contributed by atoms with Crippen molar-refractivity contribution in [1.82, 2.24) is 9.55 Å². The number of anilines is 2. The summed E-state index contributed by atoms with van der Waals surface area (Å²) in [6, 6.07) is 7.95. The van der Waals surface area contributed by atoms with Gasteiger partial charge in [0.1, 0.15) is 0 Å². The summed E-state index contributed by atoms with van der Waals surface area (Å²) in [5.74, 6) is 0.400. The van der Waals surface area contributed by atoms with Gasteiger partial charge in [-0.15, -0.1) is 0 Å². The minimum atomic E-state index is -0.0473. The summed E-state index contributed by atoms with van der Waals surface area (Å²) in [6.45, 7) is 0.544. The van der Waals surface area contributed by atoms with Gasteiger partial charge in [0.2, 0.25) is 0 Å². The van der Waals surface area contributed by atoms with Crippen LogP contribution in [0.15, 0.2) is 41.5 Å². The van der Waals surface area contributed by atoms with Gasteiger partial charge in [-0.05, 0) is 30.5 Å². The van der Waals surface area contributed by atoms with Gasteiger partial charge in [0.25, 0.3) is 5.56 Å². The average molecular weight is 256 g/mol. The molecule has 1 aliphatic rings. The van der Waals surface area contributed by atoms with Crippen LogP contribution in [-0.2, 0) is 6.54 Å². The molecule has 19 heavy (non-hydrogen) atoms. The molecule has 98 valence electrons. The van der Waals surface area contributed by atoms with Crippen LogP contribution in [0.25, 0.3) is 0 Å². The first-order valence-corrected chi connectivity index (χ1v) is 6.39. The van der Waals surface area contributed by atoms with Crippen LogP contribution in [0.2, 0.25) is 0 Å². The van der Waals surface area contributed by atoms with E-state index in [0.717, 1.165) is 24.1 Å². The molecule has 1 aromatic carbocycles. The molecule has 0 atom stereocenters. The Morgan fingerprint density at radius 2 is 2.26 bits per heavy atom. The molecule has 0 aliphatic heterocycles. The number of nitrogens with zero attached hydrogens (tertiary/aromatic N) is 2. The Balaban J connectivity index is 1.77. The maximum absolute atomic E-state index is 12.2. The van der Waals surface area contributed by atoms with Crippen LogP contribution in [0.3, 0.4) is 0 Å². The van der Waals surface area contributed by atoms with Gasteiger partial charge in [0, 0.05) is 30.7 Å². The molecule has 1 fully saturated rings. The van der Waals surface area contributed by atoms with E-state index >= 15 is 0 Å². The highest BCUT2D eigenvalue weighted by atomic mass is 16.1. The van der Waals surface area contributed by atoms with Gasteiger partial charge in [0.05, 0.1) is 0 Å². The molecule has 0 amide bonds. The van der Waals surface area contributed by atoms with E-state index in [9.17, 15) is 4.79 Å². The molecule has 5 nitrogen and oxygen atoms in total. The molecule has 0 bridgehead atoms. The highest BCUT2D eigenvalue weighted by Crippen LogP contribution is 2.33. The molecule has 5 heteroatoms. The first-order chi connectivity index (χ1) is 9.24. The Kier molecular flexibility index (Phi) is 2.95. The maximum atomic E-state index is 12.2. The summed E-state index contributed by atoms with van der Waals surface area (Å²) < 4.78 is 1.76. The SMILES string of the molecule is Nc1cccc(CNc2nccn(C3CC3)c2=O)c1. The fourth-order valence-corrected chi connectivity index (χ4v) is 2.08. The van der Waals surface area contributed by atoms with Crippen molar-refractivity contribution in [3.05, 3.63) is 52.6 Å². The molecule has 3 rings (SSSR count). The van der Waals surface area contributed by atoms with Crippen LogP contribution < -0.4 is 16.6 Å². The summed E-state index contributed by atoms with van der Waals surface area (Å²) >= 11 is 0. The zero-order valence-corrected chi connectivity index (χ0v) is 10.5. The lowest BCUT2D eigenvalue weighted by molar-refractivity contribution is 0.699. The van der Waals surface area contributed by atoms with E-state index in [1.807, 2.05) is 24.3 Å². The van der Waals surface area contributed by atoms with Crippen LogP contribution in [-0.4, -0.2) is 9.55 Å². The average Bonchev–Trinajstić information content (AvgIpc) is 3.22. The number of nitrogens with two attached hydrogens (primary N) is 1. The fourth-order valence-electron chi connectivity index (χ4n) is 2.08. The Morgan fingerprint density at radius 3 is 3.00 bits per heavy atom. The smallest absolute Gasteiger partial charge is 0.293 e. The monoisotopic (exact) mass is 256 g/mol. The van der Waals surface area contributed by atoms with Crippen molar-refractivity contribution < 1.29 is 0 Å². The molecule has 0 saturated heterocycles. The summed E-state index contributed by atoms with van der Waals surface area (Å²) in [6.07, 6.45) is 5.59. The number of hydrogen-bond donors (Lipinski definition) is 2. The Bertz CT molecular complexity index is 646. The van der Waals surface area contributed by atoms with Crippen molar-refractivity contribution in [3.8, 4) is 0 Å². The van der Waals surface area contributed by atoms with Gasteiger partial charge in [0.15, 0.2) is 5.82 Å². The Morgan fingerprint density at radius 1 is 1.42 bits per heavy atom. The van der Waals surface area contributed by atoms with Gasteiger partial charge in [-0.2, -0.15) is 0 Å². The lowest BCUT2D eigenvalue weighted by Crippen LogP contribution is -2.23. The highest BCUT2D eigenvalue weighted by molar-refractivity contribution is 5.42. The predicted octanol–water partition coefficient (Wildman–Crippen LogP) is 1.77. The highest BCUT2D eigenvalue weighted by Gasteiger charge is 2.25. The number of aromatic nitrogens is 2. The molecule has 0 radical (unpaired) electrons.